The van der Waals surface area contributed by atoms with E-state index >= 15 is 0 Å². The molecule has 0 saturated heterocycles. The number of rotatable bonds is 6. The molecule has 6 heteroatoms. The number of hydrogen-bond donors (Lipinski definition) is 3. The third kappa shape index (κ3) is 3.74. The molecule has 2 aromatic rings. The fourth-order valence-electron chi connectivity index (χ4n) is 1.85. The van der Waals surface area contributed by atoms with Crippen LogP contribution in [0, 0.1) is 0 Å². The van der Waals surface area contributed by atoms with Gasteiger partial charge in [0.1, 0.15) is 0 Å². The molecule has 2 rings (SSSR count). The van der Waals surface area contributed by atoms with E-state index < -0.39 is 0 Å². The number of esters is 1. The fourth-order valence-corrected chi connectivity index (χ4v) is 1.85. The number of nitrogens with one attached hydrogen (secondary N) is 1. The van der Waals surface area contributed by atoms with E-state index in [1.807, 2.05) is 24.4 Å². The zero-order chi connectivity index (χ0) is 14.4. The second-order valence-electron chi connectivity index (χ2n) is 4.43. The van der Waals surface area contributed by atoms with Crippen LogP contribution in [0.5, 0.6) is 0 Å². The highest BCUT2D eigenvalue weighted by Gasteiger charge is 2.07. The van der Waals surface area contributed by atoms with Crippen molar-refractivity contribution in [1.82, 2.24) is 4.98 Å². The van der Waals surface area contributed by atoms with E-state index in [1.165, 1.54) is 0 Å². The van der Waals surface area contributed by atoms with Gasteiger partial charge in [-0.25, -0.2) is 4.79 Å². The first-order chi connectivity index (χ1) is 9.66. The molecule has 0 fully saturated rings. The quantitative estimate of drug-likeness (QED) is 0.320. The van der Waals surface area contributed by atoms with E-state index in [4.69, 9.17) is 16.2 Å². The van der Waals surface area contributed by atoms with Crippen molar-refractivity contribution in [2.45, 2.75) is 12.8 Å². The van der Waals surface area contributed by atoms with Crippen LogP contribution in [0.3, 0.4) is 0 Å². The van der Waals surface area contributed by atoms with Crippen molar-refractivity contribution in [2.75, 3.05) is 13.2 Å². The molecule has 0 aliphatic rings. The first-order valence-electron chi connectivity index (χ1n) is 6.46. The van der Waals surface area contributed by atoms with Gasteiger partial charge in [-0.05, 0) is 37.1 Å². The smallest absolute Gasteiger partial charge is 0.338 e. The van der Waals surface area contributed by atoms with Gasteiger partial charge in [-0.2, -0.15) is 0 Å². The van der Waals surface area contributed by atoms with E-state index in [2.05, 4.69) is 9.98 Å². The van der Waals surface area contributed by atoms with Gasteiger partial charge < -0.3 is 21.2 Å². The van der Waals surface area contributed by atoms with Gasteiger partial charge in [-0.15, -0.1) is 0 Å². The van der Waals surface area contributed by atoms with Crippen LogP contribution in [-0.4, -0.2) is 30.1 Å². The normalized spacial score (nSPS) is 10.4. The number of nitrogens with two attached hydrogens (primary N) is 2. The summed E-state index contributed by atoms with van der Waals surface area (Å²) in [7, 11) is 0. The highest BCUT2D eigenvalue weighted by molar-refractivity contribution is 5.94. The van der Waals surface area contributed by atoms with Crippen molar-refractivity contribution < 1.29 is 9.53 Å². The van der Waals surface area contributed by atoms with Crippen LogP contribution in [0.2, 0.25) is 0 Å². The number of aromatic amines is 1. The number of hydrogen-bond acceptors (Lipinski definition) is 3. The molecular formula is C14H18N4O2. The number of fused-ring (bicyclic) bond motifs is 1. The van der Waals surface area contributed by atoms with Crippen LogP contribution < -0.4 is 11.5 Å². The summed E-state index contributed by atoms with van der Waals surface area (Å²) < 4.78 is 5.20. The lowest BCUT2D eigenvalue weighted by Gasteiger charge is -2.04. The van der Waals surface area contributed by atoms with E-state index in [9.17, 15) is 4.79 Å². The second-order valence-corrected chi connectivity index (χ2v) is 4.43. The number of carbonyl (C=O) groups excluding carboxylic acids is 1. The van der Waals surface area contributed by atoms with E-state index in [0.717, 1.165) is 23.7 Å². The topological polar surface area (TPSA) is 106 Å². The molecule has 1 aromatic carbocycles. The molecule has 0 spiro atoms. The van der Waals surface area contributed by atoms with Gasteiger partial charge >= 0.3 is 5.97 Å². The molecule has 106 valence electrons. The van der Waals surface area contributed by atoms with Crippen LogP contribution >= 0.6 is 0 Å². The molecule has 0 saturated carbocycles. The lowest BCUT2D eigenvalue weighted by Crippen LogP contribution is -2.23. The lowest BCUT2D eigenvalue weighted by atomic mass is 10.1. The Kier molecular flexibility index (Phi) is 4.60. The lowest BCUT2D eigenvalue weighted by molar-refractivity contribution is 0.0499. The molecule has 0 aliphatic heterocycles. The van der Waals surface area contributed by atoms with Crippen LogP contribution in [0.1, 0.15) is 23.2 Å². The summed E-state index contributed by atoms with van der Waals surface area (Å²) in [5, 5.41) is 0.993. The number of aromatic nitrogens is 1. The molecule has 0 radical (unpaired) electrons. The molecule has 0 atom stereocenters. The van der Waals surface area contributed by atoms with Crippen molar-refractivity contribution in [3.05, 3.63) is 36.0 Å². The average Bonchev–Trinajstić information content (AvgIpc) is 2.89. The maximum absolute atomic E-state index is 11.9. The van der Waals surface area contributed by atoms with E-state index in [0.29, 0.717) is 18.7 Å². The third-order valence-electron chi connectivity index (χ3n) is 2.87. The Hall–Kier alpha value is -2.50. The molecule has 1 aromatic heterocycles. The summed E-state index contributed by atoms with van der Waals surface area (Å²) >= 11 is 0. The molecule has 6 nitrogen and oxygen atoms in total. The molecule has 0 bridgehead atoms. The number of carbonyl (C=O) groups is 1. The summed E-state index contributed by atoms with van der Waals surface area (Å²) in [5.41, 5.74) is 12.0. The first-order valence-corrected chi connectivity index (χ1v) is 6.46. The number of H-pyrrole nitrogens is 1. The predicted molar refractivity (Wildman–Crippen MR) is 78.5 cm³/mol. The van der Waals surface area contributed by atoms with Crippen molar-refractivity contribution in [2.24, 2.45) is 16.5 Å². The zero-order valence-electron chi connectivity index (χ0n) is 11.1. The predicted octanol–water partition coefficient (Wildman–Crippen LogP) is 1.38. The number of benzene rings is 1. The van der Waals surface area contributed by atoms with Gasteiger partial charge in [0.15, 0.2) is 5.96 Å². The fraction of sp³-hybridized carbons (Fsp3) is 0.286. The van der Waals surface area contributed by atoms with Crippen molar-refractivity contribution in [1.29, 1.82) is 0 Å². The SMILES string of the molecule is NC(N)=NCCCCOC(=O)c1ccc2[nH]ccc2c1. The Morgan fingerprint density at radius 3 is 2.90 bits per heavy atom. The van der Waals surface area contributed by atoms with Crippen LogP contribution in [0.25, 0.3) is 10.9 Å². The minimum absolute atomic E-state index is 0.0850. The van der Waals surface area contributed by atoms with E-state index in [-0.39, 0.29) is 11.9 Å². The van der Waals surface area contributed by atoms with Crippen molar-refractivity contribution in [3.63, 3.8) is 0 Å². The van der Waals surface area contributed by atoms with Gasteiger partial charge in [-0.1, -0.05) is 0 Å². The van der Waals surface area contributed by atoms with E-state index in [1.54, 1.807) is 6.07 Å². The molecule has 1 heterocycles. The average molecular weight is 274 g/mol. The van der Waals surface area contributed by atoms with Crippen molar-refractivity contribution in [3.8, 4) is 0 Å². The highest BCUT2D eigenvalue weighted by atomic mass is 16.5. The van der Waals surface area contributed by atoms with Gasteiger partial charge in [0.2, 0.25) is 0 Å². The maximum atomic E-state index is 11.9. The number of aliphatic imine (C=N–C) groups is 1. The summed E-state index contributed by atoms with van der Waals surface area (Å²) in [6.07, 6.45) is 3.35. The summed E-state index contributed by atoms with van der Waals surface area (Å²) in [6, 6.07) is 7.35. The van der Waals surface area contributed by atoms with Gasteiger partial charge in [0.05, 0.1) is 12.2 Å². The number of unbranched alkanes of at least 4 members (excludes halogenated alkanes) is 1. The van der Waals surface area contributed by atoms with Crippen LogP contribution in [0.15, 0.2) is 35.5 Å². The second kappa shape index (κ2) is 6.60. The molecule has 0 unspecified atom stereocenters. The molecule has 5 N–H and O–H groups in total. The monoisotopic (exact) mass is 274 g/mol. The number of nitrogens with zero attached hydrogens (tertiary/aromatic N) is 1. The Morgan fingerprint density at radius 1 is 1.25 bits per heavy atom. The van der Waals surface area contributed by atoms with Crippen LogP contribution in [0.4, 0.5) is 0 Å². The summed E-state index contributed by atoms with van der Waals surface area (Å²) in [5.74, 6) is -0.225. The Morgan fingerprint density at radius 2 is 2.10 bits per heavy atom. The molecule has 20 heavy (non-hydrogen) atoms. The number of ether oxygens (including phenoxy) is 1. The third-order valence-corrected chi connectivity index (χ3v) is 2.87. The van der Waals surface area contributed by atoms with Crippen molar-refractivity contribution >= 4 is 22.8 Å². The summed E-state index contributed by atoms with van der Waals surface area (Å²) in [4.78, 5) is 18.8. The van der Waals surface area contributed by atoms with Gasteiger partial charge in [0, 0.05) is 23.6 Å². The first kappa shape index (κ1) is 13.9. The highest BCUT2D eigenvalue weighted by Crippen LogP contribution is 2.15. The Bertz CT molecular complexity index is 614. The minimum Gasteiger partial charge on any atom is -0.462 e. The minimum atomic E-state index is -0.310. The number of guanidine groups is 1. The van der Waals surface area contributed by atoms with Crippen LogP contribution in [-0.2, 0) is 4.74 Å². The molecule has 0 aliphatic carbocycles. The zero-order valence-corrected chi connectivity index (χ0v) is 11.1. The maximum Gasteiger partial charge on any atom is 0.338 e. The Labute approximate surface area is 116 Å². The van der Waals surface area contributed by atoms with Gasteiger partial charge in [-0.3, -0.25) is 4.99 Å². The summed E-state index contributed by atoms with van der Waals surface area (Å²) in [6.45, 7) is 0.916. The Balaban J connectivity index is 1.78. The largest absolute Gasteiger partial charge is 0.462 e. The molecule has 0 amide bonds. The molecular weight excluding hydrogens is 256 g/mol. The van der Waals surface area contributed by atoms with Gasteiger partial charge in [0.25, 0.3) is 0 Å². The standard InChI is InChI=1S/C14H18N4O2/c15-14(16)18-6-1-2-8-20-13(19)11-3-4-12-10(9-11)5-7-17-12/h3-5,7,9,17H,1-2,6,8H2,(H4,15,16,18).